The van der Waals surface area contributed by atoms with Gasteiger partial charge in [0.25, 0.3) is 0 Å². The second kappa shape index (κ2) is 69.6. The van der Waals surface area contributed by atoms with Crippen molar-refractivity contribution in [2.24, 2.45) is 0 Å². The zero-order valence-electron chi connectivity index (χ0n) is 54.3. The molecule has 1 atom stereocenters. The molecule has 0 aromatic heterocycles. The SMILES string of the molecule is CC/C=C\C/C=C\C/C=C\C/C=C\CCCCCCC(=O)OC(COC(=O)CCCCCCC/C=C\CCCCCCCC)COC(=O)CCCCCCCCCCCCCCCCCCCCCCCCCCCCCCCCC. The Morgan fingerprint density at radius 1 is 0.259 bits per heavy atom. The highest BCUT2D eigenvalue weighted by Crippen LogP contribution is 2.18. The third-order valence-corrected chi connectivity index (χ3v) is 16.0. The summed E-state index contributed by atoms with van der Waals surface area (Å²) in [7, 11) is 0. The zero-order valence-corrected chi connectivity index (χ0v) is 54.3. The molecule has 0 spiro atoms. The molecule has 0 fully saturated rings. The van der Waals surface area contributed by atoms with Crippen molar-refractivity contribution >= 4 is 17.9 Å². The van der Waals surface area contributed by atoms with Gasteiger partial charge in [-0.1, -0.05) is 338 Å². The van der Waals surface area contributed by atoms with Crippen LogP contribution in [-0.4, -0.2) is 37.2 Å². The Balaban J connectivity index is 4.19. The van der Waals surface area contributed by atoms with Crippen LogP contribution in [0.1, 0.15) is 380 Å². The minimum atomic E-state index is -0.791. The molecule has 0 saturated heterocycles. The number of carbonyl (C=O) groups excluding carboxylic acids is 3. The van der Waals surface area contributed by atoms with Crippen LogP contribution in [0.25, 0.3) is 0 Å². The van der Waals surface area contributed by atoms with Crippen molar-refractivity contribution in [2.45, 2.75) is 386 Å². The first kappa shape index (κ1) is 78.1. The zero-order chi connectivity index (χ0) is 58.5. The van der Waals surface area contributed by atoms with E-state index in [1.165, 1.54) is 238 Å². The summed E-state index contributed by atoms with van der Waals surface area (Å²) in [5.41, 5.74) is 0. The molecular formula is C75H136O6. The van der Waals surface area contributed by atoms with Crippen molar-refractivity contribution in [1.29, 1.82) is 0 Å². The predicted octanol–water partition coefficient (Wildman–Crippen LogP) is 24.7. The minimum absolute atomic E-state index is 0.0836. The number of allylic oxidation sites excluding steroid dienone is 10. The van der Waals surface area contributed by atoms with Gasteiger partial charge in [-0.3, -0.25) is 14.4 Å². The summed E-state index contributed by atoms with van der Waals surface area (Å²) in [6.07, 6.45) is 89.8. The van der Waals surface area contributed by atoms with Crippen LogP contribution in [-0.2, 0) is 28.6 Å². The van der Waals surface area contributed by atoms with Crippen LogP contribution in [0.5, 0.6) is 0 Å². The molecule has 0 aromatic carbocycles. The summed E-state index contributed by atoms with van der Waals surface area (Å²) in [5.74, 6) is -0.895. The van der Waals surface area contributed by atoms with E-state index >= 15 is 0 Å². The van der Waals surface area contributed by atoms with Gasteiger partial charge in [0.05, 0.1) is 0 Å². The number of rotatable bonds is 66. The van der Waals surface area contributed by atoms with Crippen LogP contribution >= 0.6 is 0 Å². The van der Waals surface area contributed by atoms with Gasteiger partial charge in [0, 0.05) is 19.3 Å². The summed E-state index contributed by atoms with van der Waals surface area (Å²) < 4.78 is 16.9. The van der Waals surface area contributed by atoms with Crippen molar-refractivity contribution in [1.82, 2.24) is 0 Å². The Kier molecular flexibility index (Phi) is 67.1. The van der Waals surface area contributed by atoms with E-state index in [1.807, 2.05) is 0 Å². The van der Waals surface area contributed by atoms with Gasteiger partial charge >= 0.3 is 17.9 Å². The number of carbonyl (C=O) groups is 3. The minimum Gasteiger partial charge on any atom is -0.462 e. The highest BCUT2D eigenvalue weighted by Gasteiger charge is 2.19. The molecule has 0 amide bonds. The topological polar surface area (TPSA) is 78.9 Å². The third-order valence-electron chi connectivity index (χ3n) is 16.0. The average molecular weight is 1130 g/mol. The predicted molar refractivity (Wildman–Crippen MR) is 353 cm³/mol. The fourth-order valence-corrected chi connectivity index (χ4v) is 10.7. The Bertz CT molecular complexity index is 1440. The summed E-state index contributed by atoms with van der Waals surface area (Å²) in [5, 5.41) is 0. The van der Waals surface area contributed by atoms with Gasteiger partial charge in [-0.25, -0.2) is 0 Å². The molecule has 0 saturated carbocycles. The molecule has 472 valence electrons. The van der Waals surface area contributed by atoms with Gasteiger partial charge in [-0.15, -0.1) is 0 Å². The molecule has 0 radical (unpaired) electrons. The third kappa shape index (κ3) is 67.8. The molecule has 1 unspecified atom stereocenters. The Morgan fingerprint density at radius 2 is 0.481 bits per heavy atom. The molecule has 6 heteroatoms. The fourth-order valence-electron chi connectivity index (χ4n) is 10.7. The van der Waals surface area contributed by atoms with Crippen molar-refractivity contribution in [2.75, 3.05) is 13.2 Å². The van der Waals surface area contributed by atoms with E-state index in [1.54, 1.807) is 0 Å². The van der Waals surface area contributed by atoms with E-state index in [9.17, 15) is 14.4 Å². The molecule has 0 heterocycles. The van der Waals surface area contributed by atoms with Crippen molar-refractivity contribution < 1.29 is 28.6 Å². The first-order chi connectivity index (χ1) is 40.0. The number of hydrogen-bond acceptors (Lipinski definition) is 6. The number of hydrogen-bond donors (Lipinski definition) is 0. The van der Waals surface area contributed by atoms with E-state index in [0.717, 1.165) is 103 Å². The Morgan fingerprint density at radius 3 is 0.765 bits per heavy atom. The van der Waals surface area contributed by atoms with E-state index in [2.05, 4.69) is 81.5 Å². The summed E-state index contributed by atoms with van der Waals surface area (Å²) in [6, 6.07) is 0. The Hall–Kier alpha value is -2.89. The summed E-state index contributed by atoms with van der Waals surface area (Å²) >= 11 is 0. The van der Waals surface area contributed by atoms with Crippen molar-refractivity contribution in [3.05, 3.63) is 60.8 Å². The molecule has 0 aliphatic heterocycles. The molecule has 0 N–H and O–H groups in total. The highest BCUT2D eigenvalue weighted by atomic mass is 16.6. The lowest BCUT2D eigenvalue weighted by molar-refractivity contribution is -0.167. The van der Waals surface area contributed by atoms with E-state index in [-0.39, 0.29) is 31.1 Å². The van der Waals surface area contributed by atoms with Crippen LogP contribution in [0.4, 0.5) is 0 Å². The second-order valence-electron chi connectivity index (χ2n) is 24.1. The lowest BCUT2D eigenvalue weighted by Gasteiger charge is -2.18. The van der Waals surface area contributed by atoms with E-state index in [0.29, 0.717) is 19.3 Å². The second-order valence-corrected chi connectivity index (χ2v) is 24.1. The van der Waals surface area contributed by atoms with Crippen LogP contribution in [0.3, 0.4) is 0 Å². The largest absolute Gasteiger partial charge is 0.462 e. The molecule has 0 bridgehead atoms. The van der Waals surface area contributed by atoms with Crippen LogP contribution in [0.2, 0.25) is 0 Å². The quantitative estimate of drug-likeness (QED) is 0.0261. The molecule has 0 aliphatic carbocycles. The van der Waals surface area contributed by atoms with Gasteiger partial charge in [0.2, 0.25) is 0 Å². The smallest absolute Gasteiger partial charge is 0.306 e. The lowest BCUT2D eigenvalue weighted by atomic mass is 10.0. The maximum absolute atomic E-state index is 12.9. The highest BCUT2D eigenvalue weighted by molar-refractivity contribution is 5.71. The van der Waals surface area contributed by atoms with Gasteiger partial charge in [-0.05, 0) is 83.5 Å². The van der Waals surface area contributed by atoms with Gasteiger partial charge in [0.1, 0.15) is 13.2 Å². The van der Waals surface area contributed by atoms with E-state index < -0.39 is 6.10 Å². The molecular weight excluding hydrogens is 997 g/mol. The fraction of sp³-hybridized carbons (Fsp3) is 0.827. The van der Waals surface area contributed by atoms with Crippen LogP contribution in [0.15, 0.2) is 60.8 Å². The molecule has 6 nitrogen and oxygen atoms in total. The standard InChI is InChI=1S/C75H136O6/c1-4-7-10-13-16-19-22-25-28-30-31-32-33-34-35-36-37-38-39-40-41-42-43-45-47-50-53-56-59-62-65-68-74(77)80-71-72(70-79-73(76)67-64-61-58-55-52-49-46-27-24-21-18-15-12-9-6-3)81-75(78)69-66-63-60-57-54-51-48-44-29-26-23-20-17-14-11-8-5-2/h8,11,17,20,26-27,29,46,48,51,72H,4-7,9-10,12-16,18-19,21-25,28,30-45,47,49-50,52-71H2,1-3H3/b11-8-,20-17-,29-26-,46-27-,51-48-. The summed E-state index contributed by atoms with van der Waals surface area (Å²) in [6.45, 7) is 6.55. The van der Waals surface area contributed by atoms with Crippen LogP contribution < -0.4 is 0 Å². The molecule has 0 aliphatic rings. The first-order valence-electron chi connectivity index (χ1n) is 35.8. The van der Waals surface area contributed by atoms with Gasteiger partial charge in [-0.2, -0.15) is 0 Å². The number of unbranched alkanes of at least 4 members (excludes halogenated alkanes) is 45. The number of esters is 3. The van der Waals surface area contributed by atoms with Gasteiger partial charge in [0.15, 0.2) is 6.10 Å². The molecule has 0 aromatic rings. The van der Waals surface area contributed by atoms with Crippen LogP contribution in [0, 0.1) is 0 Å². The maximum atomic E-state index is 12.9. The number of ether oxygens (including phenoxy) is 3. The molecule has 0 rings (SSSR count). The van der Waals surface area contributed by atoms with Gasteiger partial charge < -0.3 is 14.2 Å². The maximum Gasteiger partial charge on any atom is 0.306 e. The normalized spacial score (nSPS) is 12.4. The molecule has 81 heavy (non-hydrogen) atoms. The van der Waals surface area contributed by atoms with Crippen molar-refractivity contribution in [3.63, 3.8) is 0 Å². The van der Waals surface area contributed by atoms with Crippen molar-refractivity contribution in [3.8, 4) is 0 Å². The summed E-state index contributed by atoms with van der Waals surface area (Å²) in [4.78, 5) is 38.4. The lowest BCUT2D eigenvalue weighted by Crippen LogP contribution is -2.30. The monoisotopic (exact) mass is 1130 g/mol. The average Bonchev–Trinajstić information content (AvgIpc) is 3.47. The Labute approximate surface area is 504 Å². The first-order valence-corrected chi connectivity index (χ1v) is 35.8. The van der Waals surface area contributed by atoms with E-state index in [4.69, 9.17) is 14.2 Å².